The van der Waals surface area contributed by atoms with E-state index in [1.54, 1.807) is 66.7 Å². The van der Waals surface area contributed by atoms with Crippen molar-refractivity contribution in [2.45, 2.75) is 32.0 Å². The fraction of sp³-hybridized carbons (Fsp3) is 0.207. The molecular weight excluding hydrogens is 566 g/mol. The number of ketones is 1. The Labute approximate surface area is 235 Å². The number of phenolic OH excluding ortho intramolecular Hbond substituents is 1. The van der Waals surface area contributed by atoms with Crippen LogP contribution < -0.4 is 16.4 Å². The molecule has 0 saturated carbocycles. The molecule has 9 nitrogen and oxygen atoms in total. The van der Waals surface area contributed by atoms with Crippen molar-refractivity contribution in [3.8, 4) is 5.75 Å². The van der Waals surface area contributed by atoms with Crippen LogP contribution >= 0.6 is 15.9 Å². The quantitative estimate of drug-likeness (QED) is 0.117. The van der Waals surface area contributed by atoms with Crippen molar-refractivity contribution in [2.24, 2.45) is 0 Å². The zero-order chi connectivity index (χ0) is 28.4. The van der Waals surface area contributed by atoms with Gasteiger partial charge in [-0.25, -0.2) is 4.79 Å². The third-order valence-electron chi connectivity index (χ3n) is 5.81. The number of benzene rings is 3. The number of methoxy groups -OCH3 is 1. The second-order valence-electron chi connectivity index (χ2n) is 8.62. The summed E-state index contributed by atoms with van der Waals surface area (Å²) in [5, 5.41) is 15.9. The van der Waals surface area contributed by atoms with Gasteiger partial charge in [-0.1, -0.05) is 34.1 Å². The van der Waals surface area contributed by atoms with Crippen molar-refractivity contribution in [3.63, 3.8) is 0 Å². The molecule has 2 atom stereocenters. The fourth-order valence-electron chi connectivity index (χ4n) is 3.77. The van der Waals surface area contributed by atoms with E-state index in [4.69, 9.17) is 15.2 Å². The molecule has 5 N–H and O–H groups in total. The first-order valence-electron chi connectivity index (χ1n) is 12.1. The number of anilines is 3. The molecule has 10 heteroatoms. The number of amides is 2. The molecule has 3 rings (SSSR count). The van der Waals surface area contributed by atoms with E-state index < -0.39 is 18.3 Å². The Hall–Kier alpha value is -4.15. The third kappa shape index (κ3) is 8.69. The number of nitrogens with two attached hydrogens (primary N) is 1. The number of Topliss-reactive ketones (excluding diaryl/α,β-unsaturated/α-hetero) is 1. The lowest BCUT2D eigenvalue weighted by Crippen LogP contribution is -2.28. The second kappa shape index (κ2) is 14.1. The summed E-state index contributed by atoms with van der Waals surface area (Å²) in [5.41, 5.74) is 8.13. The van der Waals surface area contributed by atoms with E-state index in [-0.39, 0.29) is 17.4 Å². The smallest absolute Gasteiger partial charge is 0.412 e. The molecule has 39 heavy (non-hydrogen) atoms. The lowest BCUT2D eigenvalue weighted by molar-refractivity contribution is -0.111. The first kappa shape index (κ1) is 29.4. The summed E-state index contributed by atoms with van der Waals surface area (Å²) < 4.78 is 12.1. The third-order valence-corrected chi connectivity index (χ3v) is 6.31. The average Bonchev–Trinajstić information content (AvgIpc) is 2.91. The van der Waals surface area contributed by atoms with Gasteiger partial charge in [-0.2, -0.15) is 0 Å². The predicted molar refractivity (Wildman–Crippen MR) is 154 cm³/mol. The van der Waals surface area contributed by atoms with E-state index in [2.05, 4.69) is 26.6 Å². The molecule has 0 heterocycles. The Morgan fingerprint density at radius 3 is 2.44 bits per heavy atom. The van der Waals surface area contributed by atoms with E-state index in [1.807, 2.05) is 0 Å². The summed E-state index contributed by atoms with van der Waals surface area (Å²) in [5.74, 6) is -0.498. The number of nitrogen functional groups attached to an aromatic ring is 1. The standard InChI is InChI=1S/C29H30BrN3O6/c1-18(34)19-11-14-21(15-12-19)32-29(37)39-28(22-17-20(30)13-16-25(22)35)26(38-2)9-5-6-10-27(36)33-24-8-4-3-7-23(24)31/h3-4,6-8,10-17,26,28,35H,5,9,31H2,1-2H3,(H,32,37)(H,33,36)/b10-6+/t26-,28-/m0/s1. The molecule has 0 saturated heterocycles. The van der Waals surface area contributed by atoms with Gasteiger partial charge in [0.1, 0.15) is 5.75 Å². The van der Waals surface area contributed by atoms with Gasteiger partial charge in [0, 0.05) is 28.4 Å². The molecule has 0 aromatic heterocycles. The minimum Gasteiger partial charge on any atom is -0.508 e. The van der Waals surface area contributed by atoms with Crippen molar-refractivity contribution >= 4 is 50.8 Å². The molecule has 0 fully saturated rings. The van der Waals surface area contributed by atoms with Crippen LogP contribution in [0.2, 0.25) is 0 Å². The number of hydrogen-bond acceptors (Lipinski definition) is 7. The van der Waals surface area contributed by atoms with Gasteiger partial charge in [-0.3, -0.25) is 14.9 Å². The maximum absolute atomic E-state index is 12.8. The van der Waals surface area contributed by atoms with Gasteiger partial charge in [-0.15, -0.1) is 0 Å². The average molecular weight is 596 g/mol. The van der Waals surface area contributed by atoms with E-state index in [0.717, 1.165) is 0 Å². The molecule has 0 radical (unpaired) electrons. The SMILES string of the molecule is CO[C@@H](CC/C=C/C(=O)Nc1ccccc1N)[C@@H](OC(=O)Nc1ccc(C(C)=O)cc1)c1cc(Br)ccc1O. The van der Waals surface area contributed by atoms with Gasteiger partial charge in [0.25, 0.3) is 0 Å². The highest BCUT2D eigenvalue weighted by atomic mass is 79.9. The monoisotopic (exact) mass is 595 g/mol. The molecule has 0 aliphatic carbocycles. The van der Waals surface area contributed by atoms with Crippen LogP contribution in [-0.2, 0) is 14.3 Å². The van der Waals surface area contributed by atoms with E-state index in [0.29, 0.717) is 45.5 Å². The Balaban J connectivity index is 1.70. The Kier molecular flexibility index (Phi) is 10.7. The fourth-order valence-corrected chi connectivity index (χ4v) is 4.15. The van der Waals surface area contributed by atoms with Crippen LogP contribution in [0.5, 0.6) is 5.75 Å². The first-order valence-corrected chi connectivity index (χ1v) is 12.9. The normalized spacial score (nSPS) is 12.5. The Morgan fingerprint density at radius 1 is 1.05 bits per heavy atom. The number of hydrogen-bond donors (Lipinski definition) is 4. The van der Waals surface area contributed by atoms with Crippen molar-refractivity contribution in [1.29, 1.82) is 0 Å². The number of phenols is 1. The van der Waals surface area contributed by atoms with Crippen LogP contribution in [0.25, 0.3) is 0 Å². The van der Waals surface area contributed by atoms with Gasteiger partial charge in [0.2, 0.25) is 5.91 Å². The summed E-state index contributed by atoms with van der Waals surface area (Å²) in [6.45, 7) is 1.46. The number of carbonyl (C=O) groups is 3. The lowest BCUT2D eigenvalue weighted by atomic mass is 9.99. The molecule has 0 unspecified atom stereocenters. The highest BCUT2D eigenvalue weighted by Gasteiger charge is 2.29. The number of carbonyl (C=O) groups excluding carboxylic acids is 3. The van der Waals surface area contributed by atoms with E-state index in [1.165, 1.54) is 26.2 Å². The highest BCUT2D eigenvalue weighted by Crippen LogP contribution is 2.35. The molecular formula is C29H30BrN3O6. The lowest BCUT2D eigenvalue weighted by Gasteiger charge is -2.27. The summed E-state index contributed by atoms with van der Waals surface area (Å²) in [6.07, 6.45) is 1.44. The number of allylic oxidation sites excluding steroid dienone is 1. The minimum atomic E-state index is -0.977. The predicted octanol–water partition coefficient (Wildman–Crippen LogP) is 6.22. The molecule has 0 spiro atoms. The molecule has 0 aliphatic heterocycles. The van der Waals surface area contributed by atoms with Crippen LogP contribution in [0.4, 0.5) is 21.9 Å². The van der Waals surface area contributed by atoms with Crippen molar-refractivity contribution in [2.75, 3.05) is 23.5 Å². The summed E-state index contributed by atoms with van der Waals surface area (Å²) in [6, 6.07) is 18.1. The van der Waals surface area contributed by atoms with E-state index in [9.17, 15) is 19.5 Å². The van der Waals surface area contributed by atoms with Gasteiger partial charge < -0.3 is 25.6 Å². The second-order valence-corrected chi connectivity index (χ2v) is 9.53. The number of nitrogens with one attached hydrogen (secondary N) is 2. The summed E-state index contributed by atoms with van der Waals surface area (Å²) in [7, 11) is 1.48. The van der Waals surface area contributed by atoms with Crippen molar-refractivity contribution in [1.82, 2.24) is 0 Å². The number of rotatable bonds is 11. The number of ether oxygens (including phenoxy) is 2. The van der Waals surface area contributed by atoms with Crippen LogP contribution in [-0.4, -0.2) is 36.1 Å². The molecule has 0 bridgehead atoms. The van der Waals surface area contributed by atoms with Crippen molar-refractivity contribution < 1.29 is 29.0 Å². The number of halogens is 1. The van der Waals surface area contributed by atoms with Gasteiger partial charge in [0.15, 0.2) is 11.9 Å². The maximum Gasteiger partial charge on any atom is 0.412 e. The van der Waals surface area contributed by atoms with Gasteiger partial charge in [-0.05, 0) is 80.4 Å². The molecule has 3 aromatic rings. The van der Waals surface area contributed by atoms with Crippen LogP contribution in [0.15, 0.2) is 83.4 Å². The minimum absolute atomic E-state index is 0.0702. The van der Waals surface area contributed by atoms with Gasteiger partial charge in [0.05, 0.1) is 17.5 Å². The first-order chi connectivity index (χ1) is 18.7. The van der Waals surface area contributed by atoms with Crippen molar-refractivity contribution in [3.05, 3.63) is 94.5 Å². The molecule has 0 aliphatic rings. The largest absolute Gasteiger partial charge is 0.508 e. The zero-order valence-corrected chi connectivity index (χ0v) is 23.1. The molecule has 2 amide bonds. The topological polar surface area (TPSA) is 140 Å². The van der Waals surface area contributed by atoms with Gasteiger partial charge >= 0.3 is 6.09 Å². The Morgan fingerprint density at radius 2 is 1.77 bits per heavy atom. The summed E-state index contributed by atoms with van der Waals surface area (Å²) in [4.78, 5) is 36.6. The van der Waals surface area contributed by atoms with Crippen LogP contribution in [0.3, 0.4) is 0 Å². The number of para-hydroxylation sites is 2. The zero-order valence-electron chi connectivity index (χ0n) is 21.5. The van der Waals surface area contributed by atoms with Crippen LogP contribution in [0.1, 0.15) is 41.8 Å². The maximum atomic E-state index is 12.8. The molecule has 3 aromatic carbocycles. The van der Waals surface area contributed by atoms with Crippen LogP contribution in [0, 0.1) is 0 Å². The van der Waals surface area contributed by atoms with E-state index >= 15 is 0 Å². The molecule has 204 valence electrons. The highest BCUT2D eigenvalue weighted by molar-refractivity contribution is 9.10. The Bertz CT molecular complexity index is 1340. The summed E-state index contributed by atoms with van der Waals surface area (Å²) >= 11 is 3.39. The number of aromatic hydroxyl groups is 1.